The highest BCUT2D eigenvalue weighted by molar-refractivity contribution is 6.02. The highest BCUT2D eigenvalue weighted by atomic mass is 16.3. The van der Waals surface area contributed by atoms with Crippen molar-refractivity contribution in [1.82, 2.24) is 4.98 Å². The molecule has 1 aromatic heterocycles. The lowest BCUT2D eigenvalue weighted by Crippen LogP contribution is -2.02. The Morgan fingerprint density at radius 3 is 2.70 bits per heavy atom. The van der Waals surface area contributed by atoms with Crippen molar-refractivity contribution >= 4 is 17.1 Å². The van der Waals surface area contributed by atoms with E-state index in [2.05, 4.69) is 30.1 Å². The molecule has 0 atom stereocenters. The maximum absolute atomic E-state index is 10.1. The van der Waals surface area contributed by atoms with Gasteiger partial charge in [-0.3, -0.25) is 4.99 Å². The first-order chi connectivity index (χ1) is 9.74. The lowest BCUT2D eigenvalue weighted by atomic mass is 10.1. The zero-order valence-corrected chi connectivity index (χ0v) is 12.0. The van der Waals surface area contributed by atoms with Gasteiger partial charge in [-0.15, -0.1) is 0 Å². The van der Waals surface area contributed by atoms with Crippen molar-refractivity contribution in [2.24, 2.45) is 4.99 Å². The number of benzene rings is 1. The Hall–Kier alpha value is -1.77. The third kappa shape index (κ3) is 2.72. The van der Waals surface area contributed by atoms with Crippen LogP contribution < -0.4 is 0 Å². The highest BCUT2D eigenvalue weighted by Crippen LogP contribution is 2.27. The molecule has 0 bridgehead atoms. The minimum Gasteiger partial charge on any atom is -0.494 e. The molecule has 1 saturated carbocycles. The van der Waals surface area contributed by atoms with Gasteiger partial charge in [-0.25, -0.2) is 0 Å². The summed E-state index contributed by atoms with van der Waals surface area (Å²) in [4.78, 5) is 7.75. The summed E-state index contributed by atoms with van der Waals surface area (Å²) in [6, 6.07) is 6.60. The molecular weight excluding hydrogens is 248 g/mol. The Labute approximate surface area is 119 Å². The highest BCUT2D eigenvalue weighted by Gasteiger charge is 2.12. The van der Waals surface area contributed by atoms with Crippen molar-refractivity contribution in [1.29, 1.82) is 0 Å². The van der Waals surface area contributed by atoms with Crippen LogP contribution in [-0.4, -0.2) is 22.3 Å². The molecule has 20 heavy (non-hydrogen) atoms. The summed E-state index contributed by atoms with van der Waals surface area (Å²) in [5.41, 5.74) is 2.99. The summed E-state index contributed by atoms with van der Waals surface area (Å²) in [5, 5.41) is 11.1. The van der Waals surface area contributed by atoms with Gasteiger partial charge in [-0.05, 0) is 31.4 Å². The summed E-state index contributed by atoms with van der Waals surface area (Å²) in [5.74, 6) is 0.225. The second kappa shape index (κ2) is 5.70. The number of fused-ring (bicyclic) bond motifs is 1. The predicted octanol–water partition coefficient (Wildman–Crippen LogP) is 4.32. The van der Waals surface area contributed by atoms with Crippen LogP contribution in [0.25, 0.3) is 10.9 Å². The van der Waals surface area contributed by atoms with E-state index in [0.29, 0.717) is 6.04 Å². The Morgan fingerprint density at radius 2 is 1.95 bits per heavy atom. The molecule has 0 spiro atoms. The van der Waals surface area contributed by atoms with E-state index >= 15 is 0 Å². The molecular formula is C17H22N2O. The lowest BCUT2D eigenvalue weighted by Gasteiger charge is -2.07. The zero-order valence-electron chi connectivity index (χ0n) is 12.0. The van der Waals surface area contributed by atoms with Gasteiger partial charge in [0, 0.05) is 23.2 Å². The zero-order chi connectivity index (χ0) is 13.9. The van der Waals surface area contributed by atoms with E-state index in [-0.39, 0.29) is 5.88 Å². The quantitative estimate of drug-likeness (QED) is 0.619. The van der Waals surface area contributed by atoms with Crippen LogP contribution in [0.4, 0.5) is 0 Å². The maximum atomic E-state index is 10.1. The van der Waals surface area contributed by atoms with Gasteiger partial charge in [0.15, 0.2) is 5.88 Å². The second-order valence-electron chi connectivity index (χ2n) is 5.86. The van der Waals surface area contributed by atoms with Crippen LogP contribution >= 0.6 is 0 Å². The van der Waals surface area contributed by atoms with Crippen molar-refractivity contribution in [2.75, 3.05) is 0 Å². The Bertz CT molecular complexity index is 619. The van der Waals surface area contributed by atoms with Crippen LogP contribution in [-0.2, 0) is 0 Å². The largest absolute Gasteiger partial charge is 0.494 e. The van der Waals surface area contributed by atoms with E-state index in [4.69, 9.17) is 4.99 Å². The summed E-state index contributed by atoms with van der Waals surface area (Å²) in [6.45, 7) is 2.05. The molecule has 1 aromatic carbocycles. The Balaban J connectivity index is 1.87. The number of nitrogens with one attached hydrogen (secondary N) is 1. The molecule has 106 valence electrons. The average molecular weight is 270 g/mol. The van der Waals surface area contributed by atoms with E-state index in [1.807, 2.05) is 6.21 Å². The standard InChI is InChI=1S/C17H22N2O/c1-12-8-9-14-15(17(20)19-16(14)10-12)11-18-13-6-4-2-3-5-7-13/h8-11,13,19-20H,2-7H2,1H3. The van der Waals surface area contributed by atoms with Crippen molar-refractivity contribution in [3.8, 4) is 5.88 Å². The number of aromatic nitrogens is 1. The monoisotopic (exact) mass is 270 g/mol. The smallest absolute Gasteiger partial charge is 0.198 e. The van der Waals surface area contributed by atoms with Crippen molar-refractivity contribution < 1.29 is 5.11 Å². The molecule has 1 heterocycles. The van der Waals surface area contributed by atoms with E-state index in [9.17, 15) is 5.11 Å². The van der Waals surface area contributed by atoms with Crippen molar-refractivity contribution in [2.45, 2.75) is 51.5 Å². The van der Waals surface area contributed by atoms with E-state index < -0.39 is 0 Å². The molecule has 3 nitrogen and oxygen atoms in total. The van der Waals surface area contributed by atoms with Gasteiger partial charge in [0.1, 0.15) is 0 Å². The van der Waals surface area contributed by atoms with Crippen molar-refractivity contribution in [3.05, 3.63) is 29.3 Å². The molecule has 1 fully saturated rings. The number of nitrogens with zero attached hydrogens (tertiary/aromatic N) is 1. The number of hydrogen-bond donors (Lipinski definition) is 2. The van der Waals surface area contributed by atoms with Gasteiger partial charge in [0.25, 0.3) is 0 Å². The molecule has 0 amide bonds. The van der Waals surface area contributed by atoms with Crippen LogP contribution in [0, 0.1) is 6.92 Å². The van der Waals surface area contributed by atoms with Gasteiger partial charge < -0.3 is 10.1 Å². The van der Waals surface area contributed by atoms with Gasteiger partial charge in [0.05, 0.1) is 5.56 Å². The SMILES string of the molecule is Cc1ccc2c(C=NC3CCCCCC3)c(O)[nH]c2c1. The fourth-order valence-corrected chi connectivity index (χ4v) is 3.04. The molecule has 2 N–H and O–H groups in total. The molecule has 3 heteroatoms. The lowest BCUT2D eigenvalue weighted by molar-refractivity contribution is 0.457. The summed E-state index contributed by atoms with van der Waals surface area (Å²) < 4.78 is 0. The summed E-state index contributed by atoms with van der Waals surface area (Å²) in [6.07, 6.45) is 9.45. The Kier molecular flexibility index (Phi) is 3.77. The predicted molar refractivity (Wildman–Crippen MR) is 83.8 cm³/mol. The topological polar surface area (TPSA) is 48.4 Å². The average Bonchev–Trinajstić information content (AvgIpc) is 2.62. The number of aromatic amines is 1. The summed E-state index contributed by atoms with van der Waals surface area (Å²) >= 11 is 0. The fraction of sp³-hybridized carbons (Fsp3) is 0.471. The van der Waals surface area contributed by atoms with Crippen molar-refractivity contribution in [3.63, 3.8) is 0 Å². The molecule has 3 rings (SSSR count). The number of hydrogen-bond acceptors (Lipinski definition) is 2. The molecule has 0 aliphatic heterocycles. The van der Waals surface area contributed by atoms with Gasteiger partial charge in [0.2, 0.25) is 0 Å². The maximum Gasteiger partial charge on any atom is 0.198 e. The number of H-pyrrole nitrogens is 1. The normalized spacial score (nSPS) is 17.9. The van der Waals surface area contributed by atoms with E-state index in [1.54, 1.807) is 0 Å². The first-order valence-corrected chi connectivity index (χ1v) is 7.58. The molecule has 0 radical (unpaired) electrons. The second-order valence-corrected chi connectivity index (χ2v) is 5.86. The van der Waals surface area contributed by atoms with Gasteiger partial charge in [-0.2, -0.15) is 0 Å². The van der Waals surface area contributed by atoms with Crippen LogP contribution in [0.3, 0.4) is 0 Å². The Morgan fingerprint density at radius 1 is 1.20 bits per heavy atom. The van der Waals surface area contributed by atoms with Crippen LogP contribution in [0.15, 0.2) is 23.2 Å². The number of aryl methyl sites for hydroxylation is 1. The van der Waals surface area contributed by atoms with Crippen LogP contribution in [0.2, 0.25) is 0 Å². The van der Waals surface area contributed by atoms with E-state index in [1.165, 1.54) is 44.1 Å². The first kappa shape index (κ1) is 13.2. The van der Waals surface area contributed by atoms with Crippen LogP contribution in [0.1, 0.15) is 49.7 Å². The van der Waals surface area contributed by atoms with E-state index in [0.717, 1.165) is 16.5 Å². The summed E-state index contributed by atoms with van der Waals surface area (Å²) in [7, 11) is 0. The number of rotatable bonds is 2. The van der Waals surface area contributed by atoms with Crippen LogP contribution in [0.5, 0.6) is 5.88 Å². The third-order valence-electron chi connectivity index (χ3n) is 4.21. The molecule has 0 saturated heterocycles. The minimum atomic E-state index is 0.225. The number of aromatic hydroxyl groups is 1. The fourth-order valence-electron chi connectivity index (χ4n) is 3.04. The van der Waals surface area contributed by atoms with Gasteiger partial charge >= 0.3 is 0 Å². The van der Waals surface area contributed by atoms with Gasteiger partial charge in [-0.1, -0.05) is 37.8 Å². The first-order valence-electron chi connectivity index (χ1n) is 7.58. The molecule has 2 aromatic rings. The third-order valence-corrected chi connectivity index (χ3v) is 4.21. The number of aliphatic imine (C=N–C) groups is 1. The minimum absolute atomic E-state index is 0.225. The molecule has 1 aliphatic rings. The molecule has 0 unspecified atom stereocenters. The molecule has 1 aliphatic carbocycles.